The molecule has 0 aromatic rings. The standard InChI is InChI=1S/C18H34O4/c1-3-5-7-8-9-10-11-12-13-15-17(19)16(14-6-4-2)18(20)21-22-18/h16,20H,3-15H2,1-2H3. The molecule has 1 saturated heterocycles. The molecular formula is C18H34O4. The number of hydrogen-bond acceptors (Lipinski definition) is 4. The van der Waals surface area contributed by atoms with E-state index in [1.807, 2.05) is 0 Å². The van der Waals surface area contributed by atoms with Crippen LogP contribution in [0.4, 0.5) is 0 Å². The summed E-state index contributed by atoms with van der Waals surface area (Å²) in [6.45, 7) is 4.31. The Kier molecular flexibility index (Phi) is 9.92. The van der Waals surface area contributed by atoms with Gasteiger partial charge in [-0.1, -0.05) is 78.1 Å². The van der Waals surface area contributed by atoms with Crippen LogP contribution in [0, 0.1) is 5.92 Å². The lowest BCUT2D eigenvalue weighted by atomic mass is 9.92. The maximum atomic E-state index is 12.2. The molecule has 1 N–H and O–H groups in total. The Labute approximate surface area is 135 Å². The summed E-state index contributed by atoms with van der Waals surface area (Å²) in [6, 6.07) is 0. The lowest BCUT2D eigenvalue weighted by Gasteiger charge is -2.14. The molecule has 0 amide bonds. The van der Waals surface area contributed by atoms with Crippen LogP contribution < -0.4 is 0 Å². The number of carbonyl (C=O) groups excluding carboxylic acids is 1. The summed E-state index contributed by atoms with van der Waals surface area (Å²) >= 11 is 0. The van der Waals surface area contributed by atoms with Crippen molar-refractivity contribution in [2.24, 2.45) is 5.92 Å². The lowest BCUT2D eigenvalue weighted by Crippen LogP contribution is -2.31. The Morgan fingerprint density at radius 2 is 1.36 bits per heavy atom. The lowest BCUT2D eigenvalue weighted by molar-refractivity contribution is -0.134. The van der Waals surface area contributed by atoms with E-state index in [2.05, 4.69) is 23.6 Å². The number of hydrogen-bond donors (Lipinski definition) is 1. The summed E-state index contributed by atoms with van der Waals surface area (Å²) in [4.78, 5) is 21.4. The molecule has 1 rings (SSSR count). The van der Waals surface area contributed by atoms with E-state index in [4.69, 9.17) is 0 Å². The predicted octanol–water partition coefficient (Wildman–Crippen LogP) is 4.89. The third kappa shape index (κ3) is 7.70. The molecule has 0 aromatic heterocycles. The van der Waals surface area contributed by atoms with Crippen molar-refractivity contribution in [2.75, 3.05) is 0 Å². The number of carbonyl (C=O) groups is 1. The molecule has 1 heterocycles. The van der Waals surface area contributed by atoms with Gasteiger partial charge in [0, 0.05) is 6.42 Å². The average molecular weight is 314 g/mol. The van der Waals surface area contributed by atoms with Gasteiger partial charge in [-0.25, -0.2) is 0 Å². The number of unbranched alkanes of at least 4 members (excludes halogenated alkanes) is 9. The maximum absolute atomic E-state index is 12.2. The molecule has 1 atom stereocenters. The highest BCUT2D eigenvalue weighted by Gasteiger charge is 2.56. The van der Waals surface area contributed by atoms with Crippen LogP contribution in [0.5, 0.6) is 0 Å². The number of rotatable bonds is 15. The second kappa shape index (κ2) is 11.1. The molecule has 1 unspecified atom stereocenters. The Balaban J connectivity index is 2.06. The highest BCUT2D eigenvalue weighted by molar-refractivity contribution is 5.81. The van der Waals surface area contributed by atoms with Crippen molar-refractivity contribution in [1.82, 2.24) is 0 Å². The SMILES string of the molecule is CCCCCCCCCCCC(=O)C(CCCC)C1(O)OO1. The largest absolute Gasteiger partial charge is 0.347 e. The number of aliphatic hydroxyl groups is 1. The summed E-state index contributed by atoms with van der Waals surface area (Å²) in [5.41, 5.74) is 0. The van der Waals surface area contributed by atoms with Gasteiger partial charge in [-0.05, 0) is 12.8 Å². The second-order valence-corrected chi connectivity index (χ2v) is 6.54. The van der Waals surface area contributed by atoms with Crippen molar-refractivity contribution in [2.45, 2.75) is 103 Å². The fraction of sp³-hybridized carbons (Fsp3) is 0.944. The summed E-state index contributed by atoms with van der Waals surface area (Å²) in [6.07, 6.45) is 14.2. The number of Topliss-reactive ketones (excluding diaryl/α,β-unsaturated/α-hetero) is 1. The molecule has 0 bridgehead atoms. The molecule has 130 valence electrons. The van der Waals surface area contributed by atoms with Crippen LogP contribution in [0.25, 0.3) is 0 Å². The van der Waals surface area contributed by atoms with Gasteiger partial charge in [-0.15, -0.1) is 0 Å². The first-order valence-corrected chi connectivity index (χ1v) is 9.26. The molecular weight excluding hydrogens is 280 g/mol. The molecule has 0 radical (unpaired) electrons. The molecule has 1 fully saturated rings. The molecule has 4 heteroatoms. The minimum absolute atomic E-state index is 0.0800. The van der Waals surface area contributed by atoms with Gasteiger partial charge >= 0.3 is 5.97 Å². The van der Waals surface area contributed by atoms with Gasteiger partial charge in [0.25, 0.3) is 0 Å². The van der Waals surface area contributed by atoms with Gasteiger partial charge in [0.2, 0.25) is 0 Å². The molecule has 1 aliphatic rings. The van der Waals surface area contributed by atoms with Crippen molar-refractivity contribution in [3.63, 3.8) is 0 Å². The second-order valence-electron chi connectivity index (χ2n) is 6.54. The first-order valence-electron chi connectivity index (χ1n) is 9.26. The van der Waals surface area contributed by atoms with Crippen LogP contribution in [0.1, 0.15) is 97.3 Å². The van der Waals surface area contributed by atoms with E-state index in [1.165, 1.54) is 44.9 Å². The Morgan fingerprint density at radius 1 is 0.864 bits per heavy atom. The van der Waals surface area contributed by atoms with E-state index in [9.17, 15) is 9.90 Å². The van der Waals surface area contributed by atoms with Crippen LogP contribution in [-0.2, 0) is 14.6 Å². The van der Waals surface area contributed by atoms with Gasteiger partial charge < -0.3 is 5.11 Å². The average Bonchev–Trinajstić information content (AvgIpc) is 3.24. The van der Waals surface area contributed by atoms with Gasteiger partial charge in [-0.2, -0.15) is 9.78 Å². The first kappa shape index (κ1) is 19.6. The zero-order valence-electron chi connectivity index (χ0n) is 14.4. The summed E-state index contributed by atoms with van der Waals surface area (Å²) in [5.74, 6) is -2.05. The smallest absolute Gasteiger partial charge is 0.339 e. The van der Waals surface area contributed by atoms with Gasteiger partial charge in [0.05, 0.1) is 0 Å². The van der Waals surface area contributed by atoms with Crippen LogP contribution in [0.15, 0.2) is 0 Å². The zero-order chi connectivity index (χ0) is 16.3. The van der Waals surface area contributed by atoms with Crippen LogP contribution in [0.3, 0.4) is 0 Å². The topological polar surface area (TPSA) is 62.4 Å². The van der Waals surface area contributed by atoms with Crippen molar-refractivity contribution >= 4 is 5.78 Å². The van der Waals surface area contributed by atoms with E-state index in [-0.39, 0.29) is 5.78 Å². The van der Waals surface area contributed by atoms with E-state index >= 15 is 0 Å². The van der Waals surface area contributed by atoms with Crippen LogP contribution >= 0.6 is 0 Å². The third-order valence-corrected chi connectivity index (χ3v) is 4.46. The fourth-order valence-electron chi connectivity index (χ4n) is 2.90. The minimum Gasteiger partial charge on any atom is -0.339 e. The zero-order valence-corrected chi connectivity index (χ0v) is 14.4. The van der Waals surface area contributed by atoms with E-state index in [1.54, 1.807) is 0 Å². The molecule has 1 aliphatic heterocycles. The molecule has 22 heavy (non-hydrogen) atoms. The Morgan fingerprint density at radius 3 is 1.86 bits per heavy atom. The predicted molar refractivity (Wildman–Crippen MR) is 87.0 cm³/mol. The van der Waals surface area contributed by atoms with E-state index in [0.717, 1.165) is 25.7 Å². The molecule has 4 nitrogen and oxygen atoms in total. The Bertz CT molecular complexity index is 299. The van der Waals surface area contributed by atoms with Gasteiger partial charge in [-0.3, -0.25) is 4.79 Å². The Hall–Kier alpha value is -0.450. The molecule has 0 aliphatic carbocycles. The fourth-order valence-corrected chi connectivity index (χ4v) is 2.90. The van der Waals surface area contributed by atoms with E-state index in [0.29, 0.717) is 12.8 Å². The molecule has 0 saturated carbocycles. The van der Waals surface area contributed by atoms with Gasteiger partial charge in [0.1, 0.15) is 11.7 Å². The van der Waals surface area contributed by atoms with Gasteiger partial charge in [0.15, 0.2) is 0 Å². The normalized spacial score (nSPS) is 17.4. The monoisotopic (exact) mass is 314 g/mol. The highest BCUT2D eigenvalue weighted by Crippen LogP contribution is 2.38. The van der Waals surface area contributed by atoms with Crippen LogP contribution in [-0.4, -0.2) is 16.9 Å². The van der Waals surface area contributed by atoms with Crippen molar-refractivity contribution in [1.29, 1.82) is 0 Å². The van der Waals surface area contributed by atoms with Crippen LogP contribution in [0.2, 0.25) is 0 Å². The first-order chi connectivity index (χ1) is 10.6. The van der Waals surface area contributed by atoms with E-state index < -0.39 is 11.9 Å². The van der Waals surface area contributed by atoms with Crippen molar-refractivity contribution in [3.8, 4) is 0 Å². The molecule has 0 aromatic carbocycles. The third-order valence-electron chi connectivity index (χ3n) is 4.46. The summed E-state index contributed by atoms with van der Waals surface area (Å²) in [5, 5.41) is 9.86. The maximum Gasteiger partial charge on any atom is 0.347 e. The summed E-state index contributed by atoms with van der Waals surface area (Å²) < 4.78 is 0. The number of ketones is 1. The summed E-state index contributed by atoms with van der Waals surface area (Å²) in [7, 11) is 0. The quantitative estimate of drug-likeness (QED) is 0.265. The van der Waals surface area contributed by atoms with Crippen molar-refractivity contribution in [3.05, 3.63) is 0 Å². The highest BCUT2D eigenvalue weighted by atomic mass is 17.4. The van der Waals surface area contributed by atoms with Crippen molar-refractivity contribution < 1.29 is 19.7 Å². The molecule has 0 spiro atoms. The minimum atomic E-state index is -1.62.